The molecular formula is C18H22N2O. The number of anilines is 1. The maximum Gasteiger partial charge on any atom is 0.239 e. The van der Waals surface area contributed by atoms with Crippen LogP contribution < -0.4 is 10.6 Å². The molecule has 2 rings (SSSR count). The number of hydrogen-bond donors (Lipinski definition) is 2. The fourth-order valence-corrected chi connectivity index (χ4v) is 2.21. The molecule has 2 aromatic rings. The predicted octanol–water partition coefficient (Wildman–Crippen LogP) is 3.67. The summed E-state index contributed by atoms with van der Waals surface area (Å²) in [6, 6.07) is 18.1. The van der Waals surface area contributed by atoms with Crippen LogP contribution in [0.15, 0.2) is 54.6 Å². The van der Waals surface area contributed by atoms with Crippen molar-refractivity contribution in [3.05, 3.63) is 65.7 Å². The zero-order chi connectivity index (χ0) is 15.1. The van der Waals surface area contributed by atoms with E-state index in [0.717, 1.165) is 17.7 Å². The number of aryl methyl sites for hydroxylation is 1. The molecule has 0 radical (unpaired) electrons. The molecule has 1 unspecified atom stereocenters. The third kappa shape index (κ3) is 4.63. The van der Waals surface area contributed by atoms with Crippen molar-refractivity contribution in [2.45, 2.75) is 26.3 Å². The predicted molar refractivity (Wildman–Crippen MR) is 87.3 cm³/mol. The fourth-order valence-electron chi connectivity index (χ4n) is 2.21. The summed E-state index contributed by atoms with van der Waals surface area (Å²) in [5.41, 5.74) is 3.31. The van der Waals surface area contributed by atoms with E-state index in [-0.39, 0.29) is 18.5 Å². The lowest BCUT2D eigenvalue weighted by atomic mass is 10.0. The van der Waals surface area contributed by atoms with Gasteiger partial charge in [0, 0.05) is 5.69 Å². The minimum absolute atomic E-state index is 0.00581. The van der Waals surface area contributed by atoms with Crippen LogP contribution in [0.5, 0.6) is 0 Å². The number of rotatable bonds is 6. The quantitative estimate of drug-likeness (QED) is 0.848. The summed E-state index contributed by atoms with van der Waals surface area (Å²) in [4.78, 5) is 12.1. The Labute approximate surface area is 126 Å². The first kappa shape index (κ1) is 15.1. The third-order valence-corrected chi connectivity index (χ3v) is 3.45. The lowest BCUT2D eigenvalue weighted by Gasteiger charge is -2.18. The van der Waals surface area contributed by atoms with Crippen molar-refractivity contribution in [1.29, 1.82) is 0 Å². The van der Waals surface area contributed by atoms with Gasteiger partial charge in [-0.2, -0.15) is 0 Å². The van der Waals surface area contributed by atoms with Crippen LogP contribution in [0.4, 0.5) is 5.69 Å². The van der Waals surface area contributed by atoms with E-state index >= 15 is 0 Å². The van der Waals surface area contributed by atoms with E-state index in [4.69, 9.17) is 0 Å². The van der Waals surface area contributed by atoms with Crippen molar-refractivity contribution in [1.82, 2.24) is 5.32 Å². The van der Waals surface area contributed by atoms with Crippen LogP contribution in [0.3, 0.4) is 0 Å². The number of carbonyl (C=O) groups is 1. The number of hydrogen-bond acceptors (Lipinski definition) is 2. The molecule has 0 saturated heterocycles. The van der Waals surface area contributed by atoms with Crippen molar-refractivity contribution in [3.63, 3.8) is 0 Å². The standard InChI is InChI=1S/C18H22N2O/c1-3-17(15-7-5-4-6-8-15)20-18(21)13-19-16-11-9-14(2)10-12-16/h4-12,17,19H,3,13H2,1-2H3,(H,20,21). The Balaban J connectivity index is 1.87. The minimum atomic E-state index is 0.00581. The van der Waals surface area contributed by atoms with E-state index in [0.29, 0.717) is 0 Å². The maximum atomic E-state index is 12.1. The second-order valence-corrected chi connectivity index (χ2v) is 5.16. The number of nitrogens with one attached hydrogen (secondary N) is 2. The molecule has 2 aromatic carbocycles. The zero-order valence-corrected chi connectivity index (χ0v) is 12.6. The minimum Gasteiger partial charge on any atom is -0.376 e. The van der Waals surface area contributed by atoms with Gasteiger partial charge < -0.3 is 10.6 Å². The number of benzene rings is 2. The number of amides is 1. The van der Waals surface area contributed by atoms with E-state index in [9.17, 15) is 4.79 Å². The average molecular weight is 282 g/mol. The molecule has 1 amide bonds. The normalized spacial score (nSPS) is 11.7. The molecule has 3 heteroatoms. The van der Waals surface area contributed by atoms with E-state index < -0.39 is 0 Å². The summed E-state index contributed by atoms with van der Waals surface area (Å²) in [6.07, 6.45) is 0.875. The van der Waals surface area contributed by atoms with Gasteiger partial charge in [0.1, 0.15) is 0 Å². The lowest BCUT2D eigenvalue weighted by molar-refractivity contribution is -0.120. The second kappa shape index (κ2) is 7.48. The Kier molecular flexibility index (Phi) is 5.38. The van der Waals surface area contributed by atoms with Gasteiger partial charge >= 0.3 is 0 Å². The van der Waals surface area contributed by atoms with Crippen molar-refractivity contribution in [3.8, 4) is 0 Å². The molecule has 0 fully saturated rings. The van der Waals surface area contributed by atoms with Crippen LogP contribution in [-0.2, 0) is 4.79 Å². The topological polar surface area (TPSA) is 41.1 Å². The van der Waals surface area contributed by atoms with Gasteiger partial charge in [-0.25, -0.2) is 0 Å². The molecule has 0 bridgehead atoms. The lowest BCUT2D eigenvalue weighted by Crippen LogP contribution is -2.33. The van der Waals surface area contributed by atoms with Crippen LogP contribution in [0, 0.1) is 6.92 Å². The van der Waals surface area contributed by atoms with Crippen molar-refractivity contribution in [2.75, 3.05) is 11.9 Å². The summed E-state index contributed by atoms with van der Waals surface area (Å²) >= 11 is 0. The largest absolute Gasteiger partial charge is 0.376 e. The van der Waals surface area contributed by atoms with Crippen LogP contribution in [0.2, 0.25) is 0 Å². The molecular weight excluding hydrogens is 260 g/mol. The Bertz CT molecular complexity index is 564. The maximum absolute atomic E-state index is 12.1. The molecule has 110 valence electrons. The molecule has 0 heterocycles. The van der Waals surface area contributed by atoms with Gasteiger partial charge in [0.05, 0.1) is 12.6 Å². The number of carbonyl (C=O) groups excluding carboxylic acids is 1. The Morgan fingerprint density at radius 2 is 1.71 bits per heavy atom. The first-order valence-corrected chi connectivity index (χ1v) is 7.34. The molecule has 0 aliphatic heterocycles. The second-order valence-electron chi connectivity index (χ2n) is 5.16. The van der Waals surface area contributed by atoms with Gasteiger partial charge in [0.15, 0.2) is 0 Å². The van der Waals surface area contributed by atoms with Gasteiger partial charge in [-0.15, -0.1) is 0 Å². The summed E-state index contributed by atoms with van der Waals surface area (Å²) < 4.78 is 0. The molecule has 3 nitrogen and oxygen atoms in total. The van der Waals surface area contributed by atoms with Gasteiger partial charge in [0.25, 0.3) is 0 Å². The average Bonchev–Trinajstić information content (AvgIpc) is 2.53. The van der Waals surface area contributed by atoms with E-state index in [1.807, 2.05) is 61.5 Å². The highest BCUT2D eigenvalue weighted by Crippen LogP contribution is 2.15. The molecule has 0 spiro atoms. The van der Waals surface area contributed by atoms with Crippen molar-refractivity contribution < 1.29 is 4.79 Å². The van der Waals surface area contributed by atoms with Crippen molar-refractivity contribution >= 4 is 11.6 Å². The van der Waals surface area contributed by atoms with Crippen LogP contribution in [-0.4, -0.2) is 12.5 Å². The third-order valence-electron chi connectivity index (χ3n) is 3.45. The molecule has 0 aromatic heterocycles. The van der Waals surface area contributed by atoms with Gasteiger partial charge in [-0.05, 0) is 31.0 Å². The van der Waals surface area contributed by atoms with Crippen LogP contribution in [0.25, 0.3) is 0 Å². The molecule has 0 saturated carbocycles. The zero-order valence-electron chi connectivity index (χ0n) is 12.6. The summed E-state index contributed by atoms with van der Waals surface area (Å²) in [6.45, 7) is 4.40. The highest BCUT2D eigenvalue weighted by Gasteiger charge is 2.11. The van der Waals surface area contributed by atoms with Crippen molar-refractivity contribution in [2.24, 2.45) is 0 Å². The van der Waals surface area contributed by atoms with E-state index in [2.05, 4.69) is 17.6 Å². The van der Waals surface area contributed by atoms with E-state index in [1.165, 1.54) is 5.56 Å². The summed E-state index contributed by atoms with van der Waals surface area (Å²) in [5.74, 6) is 0.00581. The molecule has 2 N–H and O–H groups in total. The van der Waals surface area contributed by atoms with Crippen LogP contribution >= 0.6 is 0 Å². The first-order valence-electron chi connectivity index (χ1n) is 7.34. The molecule has 0 aliphatic rings. The Hall–Kier alpha value is -2.29. The first-order chi connectivity index (χ1) is 10.2. The molecule has 1 atom stereocenters. The highest BCUT2D eigenvalue weighted by molar-refractivity contribution is 5.81. The van der Waals surface area contributed by atoms with Gasteiger partial charge in [0.2, 0.25) is 5.91 Å². The van der Waals surface area contributed by atoms with Gasteiger partial charge in [-0.3, -0.25) is 4.79 Å². The summed E-state index contributed by atoms with van der Waals surface area (Å²) in [7, 11) is 0. The Morgan fingerprint density at radius 3 is 2.33 bits per heavy atom. The highest BCUT2D eigenvalue weighted by atomic mass is 16.1. The monoisotopic (exact) mass is 282 g/mol. The SMILES string of the molecule is CCC(NC(=O)CNc1ccc(C)cc1)c1ccccc1. The summed E-state index contributed by atoms with van der Waals surface area (Å²) in [5, 5.41) is 6.20. The van der Waals surface area contributed by atoms with Crippen LogP contribution in [0.1, 0.15) is 30.5 Å². The van der Waals surface area contributed by atoms with Gasteiger partial charge in [-0.1, -0.05) is 55.0 Å². The Morgan fingerprint density at radius 1 is 1.05 bits per heavy atom. The molecule has 0 aliphatic carbocycles. The smallest absolute Gasteiger partial charge is 0.239 e. The van der Waals surface area contributed by atoms with E-state index in [1.54, 1.807) is 0 Å². The fraction of sp³-hybridized carbons (Fsp3) is 0.278. The molecule has 21 heavy (non-hydrogen) atoms.